The normalized spacial score (nSPS) is 10.7. The van der Waals surface area contributed by atoms with Crippen molar-refractivity contribution in [3.8, 4) is 5.69 Å². The summed E-state index contributed by atoms with van der Waals surface area (Å²) >= 11 is 0. The van der Waals surface area contributed by atoms with Crippen LogP contribution in [0.1, 0.15) is 40.5 Å². The predicted octanol–water partition coefficient (Wildman–Crippen LogP) is 3.14. The van der Waals surface area contributed by atoms with E-state index >= 15 is 0 Å². The lowest BCUT2D eigenvalue weighted by molar-refractivity contribution is 0.0695. The van der Waals surface area contributed by atoms with Crippen molar-refractivity contribution in [2.24, 2.45) is 0 Å². The second kappa shape index (κ2) is 5.26. The number of hydrogen-bond donors (Lipinski definition) is 1. The van der Waals surface area contributed by atoms with Gasteiger partial charge in [-0.25, -0.2) is 9.48 Å². The SMILES string of the molecule is CCCc1c(C(=O)O)cnn1-c1c(C)cccc1C. The summed E-state index contributed by atoms with van der Waals surface area (Å²) in [4.78, 5) is 11.3. The number of para-hydroxylation sites is 1. The van der Waals surface area contributed by atoms with Crippen LogP contribution in [0.4, 0.5) is 0 Å². The molecule has 4 nitrogen and oxygen atoms in total. The monoisotopic (exact) mass is 258 g/mol. The molecule has 0 aliphatic rings. The third kappa shape index (κ3) is 2.38. The number of carboxylic acid groups (broad SMARTS) is 1. The van der Waals surface area contributed by atoms with E-state index in [1.54, 1.807) is 4.68 Å². The Kier molecular flexibility index (Phi) is 3.69. The molecule has 0 atom stereocenters. The molecule has 2 aromatic rings. The number of benzene rings is 1. The van der Waals surface area contributed by atoms with Gasteiger partial charge in [0, 0.05) is 0 Å². The van der Waals surface area contributed by atoms with Gasteiger partial charge in [-0.1, -0.05) is 31.5 Å². The van der Waals surface area contributed by atoms with Gasteiger partial charge in [0.05, 0.1) is 17.6 Å². The molecule has 1 aromatic heterocycles. The molecule has 100 valence electrons. The topological polar surface area (TPSA) is 55.1 Å². The highest BCUT2D eigenvalue weighted by Crippen LogP contribution is 2.22. The Labute approximate surface area is 112 Å². The minimum absolute atomic E-state index is 0.296. The molecule has 0 saturated heterocycles. The standard InChI is InChI=1S/C15H18N2O2/c1-4-6-13-12(15(18)19)9-16-17(13)14-10(2)7-5-8-11(14)3/h5,7-9H,4,6H2,1-3H3,(H,18,19). The third-order valence-electron chi connectivity index (χ3n) is 3.24. The lowest BCUT2D eigenvalue weighted by Gasteiger charge is -2.13. The molecule has 2 rings (SSSR count). The summed E-state index contributed by atoms with van der Waals surface area (Å²) < 4.78 is 1.78. The van der Waals surface area contributed by atoms with Crippen LogP contribution in [0.3, 0.4) is 0 Å². The highest BCUT2D eigenvalue weighted by Gasteiger charge is 2.18. The van der Waals surface area contributed by atoms with Crippen LogP contribution in [0.15, 0.2) is 24.4 Å². The van der Waals surface area contributed by atoms with Crippen molar-refractivity contribution in [3.63, 3.8) is 0 Å². The molecule has 4 heteroatoms. The first-order valence-electron chi connectivity index (χ1n) is 6.43. The molecule has 0 aliphatic heterocycles. The maximum atomic E-state index is 11.3. The Balaban J connectivity index is 2.65. The van der Waals surface area contributed by atoms with Gasteiger partial charge in [-0.2, -0.15) is 5.10 Å². The number of carboxylic acids is 1. The predicted molar refractivity (Wildman–Crippen MR) is 74.0 cm³/mol. The van der Waals surface area contributed by atoms with Gasteiger partial charge in [0.1, 0.15) is 5.56 Å². The molecule has 0 spiro atoms. The molecule has 0 radical (unpaired) electrons. The summed E-state index contributed by atoms with van der Waals surface area (Å²) in [5.41, 5.74) is 4.24. The molecule has 0 saturated carbocycles. The van der Waals surface area contributed by atoms with Gasteiger partial charge in [-0.3, -0.25) is 0 Å². The summed E-state index contributed by atoms with van der Waals surface area (Å²) in [6, 6.07) is 6.02. The van der Waals surface area contributed by atoms with Crippen molar-refractivity contribution >= 4 is 5.97 Å². The number of nitrogens with zero attached hydrogens (tertiary/aromatic N) is 2. The minimum Gasteiger partial charge on any atom is -0.478 e. The van der Waals surface area contributed by atoms with E-state index in [0.717, 1.165) is 28.9 Å². The fourth-order valence-corrected chi connectivity index (χ4v) is 2.36. The first-order chi connectivity index (χ1) is 9.06. The number of aromatic carboxylic acids is 1. The van der Waals surface area contributed by atoms with E-state index < -0.39 is 5.97 Å². The third-order valence-corrected chi connectivity index (χ3v) is 3.24. The summed E-state index contributed by atoms with van der Waals surface area (Å²) in [6.07, 6.45) is 3.03. The fraction of sp³-hybridized carbons (Fsp3) is 0.333. The van der Waals surface area contributed by atoms with Crippen LogP contribution in [0, 0.1) is 13.8 Å². The smallest absolute Gasteiger partial charge is 0.339 e. The summed E-state index contributed by atoms with van der Waals surface area (Å²) in [6.45, 7) is 6.06. The van der Waals surface area contributed by atoms with Gasteiger partial charge in [-0.05, 0) is 31.4 Å². The quantitative estimate of drug-likeness (QED) is 0.916. The molecule has 0 bridgehead atoms. The van der Waals surface area contributed by atoms with E-state index in [1.165, 1.54) is 6.20 Å². The van der Waals surface area contributed by atoms with E-state index in [2.05, 4.69) is 5.10 Å². The van der Waals surface area contributed by atoms with Crippen LogP contribution in [-0.2, 0) is 6.42 Å². The van der Waals surface area contributed by atoms with Crippen molar-refractivity contribution < 1.29 is 9.90 Å². The summed E-state index contributed by atoms with van der Waals surface area (Å²) in [5.74, 6) is -0.916. The Morgan fingerprint density at radius 3 is 2.47 bits per heavy atom. The molecule has 0 amide bonds. The van der Waals surface area contributed by atoms with Crippen molar-refractivity contribution in [1.82, 2.24) is 9.78 Å². The van der Waals surface area contributed by atoms with Gasteiger partial charge in [0.15, 0.2) is 0 Å². The van der Waals surface area contributed by atoms with Crippen LogP contribution in [0.5, 0.6) is 0 Å². The number of aromatic nitrogens is 2. The van der Waals surface area contributed by atoms with Crippen molar-refractivity contribution in [3.05, 3.63) is 46.8 Å². The summed E-state index contributed by atoms with van der Waals surface area (Å²) in [7, 11) is 0. The molecule has 0 unspecified atom stereocenters. The molecule has 1 aromatic carbocycles. The molecule has 0 fully saturated rings. The van der Waals surface area contributed by atoms with Crippen LogP contribution >= 0.6 is 0 Å². The first-order valence-corrected chi connectivity index (χ1v) is 6.43. The lowest BCUT2D eigenvalue weighted by atomic mass is 10.1. The highest BCUT2D eigenvalue weighted by atomic mass is 16.4. The van der Waals surface area contributed by atoms with E-state index in [9.17, 15) is 9.90 Å². The summed E-state index contributed by atoms with van der Waals surface area (Å²) in [5, 5.41) is 13.5. The molecule has 1 N–H and O–H groups in total. The molecular weight excluding hydrogens is 240 g/mol. The van der Waals surface area contributed by atoms with Crippen LogP contribution in [-0.4, -0.2) is 20.9 Å². The lowest BCUT2D eigenvalue weighted by Crippen LogP contribution is -2.09. The van der Waals surface area contributed by atoms with Crippen LogP contribution in [0.25, 0.3) is 5.69 Å². The van der Waals surface area contributed by atoms with Crippen molar-refractivity contribution in [2.75, 3.05) is 0 Å². The van der Waals surface area contributed by atoms with E-state index in [0.29, 0.717) is 12.0 Å². The van der Waals surface area contributed by atoms with Crippen LogP contribution in [0.2, 0.25) is 0 Å². The van der Waals surface area contributed by atoms with E-state index in [1.807, 2.05) is 39.0 Å². The average molecular weight is 258 g/mol. The van der Waals surface area contributed by atoms with E-state index in [-0.39, 0.29) is 0 Å². The minimum atomic E-state index is -0.916. The first kappa shape index (κ1) is 13.3. The maximum absolute atomic E-state index is 11.3. The maximum Gasteiger partial charge on any atom is 0.339 e. The second-order valence-corrected chi connectivity index (χ2v) is 4.71. The Morgan fingerprint density at radius 1 is 1.32 bits per heavy atom. The highest BCUT2D eigenvalue weighted by molar-refractivity contribution is 5.88. The Hall–Kier alpha value is -2.10. The molecule has 19 heavy (non-hydrogen) atoms. The average Bonchev–Trinajstić information content (AvgIpc) is 2.73. The zero-order chi connectivity index (χ0) is 14.0. The Bertz CT molecular complexity index is 594. The van der Waals surface area contributed by atoms with Gasteiger partial charge < -0.3 is 5.11 Å². The molecular formula is C15H18N2O2. The van der Waals surface area contributed by atoms with E-state index in [4.69, 9.17) is 0 Å². The molecule has 1 heterocycles. The number of aryl methyl sites for hydroxylation is 2. The zero-order valence-corrected chi connectivity index (χ0v) is 11.5. The largest absolute Gasteiger partial charge is 0.478 e. The van der Waals surface area contributed by atoms with Gasteiger partial charge in [-0.15, -0.1) is 0 Å². The van der Waals surface area contributed by atoms with Crippen molar-refractivity contribution in [2.45, 2.75) is 33.6 Å². The van der Waals surface area contributed by atoms with Crippen molar-refractivity contribution in [1.29, 1.82) is 0 Å². The number of carbonyl (C=O) groups is 1. The van der Waals surface area contributed by atoms with Crippen LogP contribution < -0.4 is 0 Å². The van der Waals surface area contributed by atoms with Gasteiger partial charge >= 0.3 is 5.97 Å². The zero-order valence-electron chi connectivity index (χ0n) is 11.5. The van der Waals surface area contributed by atoms with Gasteiger partial charge in [0.2, 0.25) is 0 Å². The van der Waals surface area contributed by atoms with Gasteiger partial charge in [0.25, 0.3) is 0 Å². The number of rotatable bonds is 4. The number of hydrogen-bond acceptors (Lipinski definition) is 2. The molecule has 0 aliphatic carbocycles. The second-order valence-electron chi connectivity index (χ2n) is 4.71. The fourth-order valence-electron chi connectivity index (χ4n) is 2.36. The Morgan fingerprint density at radius 2 is 1.95 bits per heavy atom.